The Morgan fingerprint density at radius 2 is 1.82 bits per heavy atom. The number of aromatic nitrogens is 3. The van der Waals surface area contributed by atoms with Gasteiger partial charge in [0.25, 0.3) is 5.91 Å². The van der Waals surface area contributed by atoms with Crippen LogP contribution in [0.1, 0.15) is 34.2 Å². The number of carbonyl (C=O) groups is 2. The molecule has 3 rings (SSSR count). The van der Waals surface area contributed by atoms with Gasteiger partial charge in [-0.3, -0.25) is 4.79 Å². The van der Waals surface area contributed by atoms with Gasteiger partial charge in [0.1, 0.15) is 11.6 Å². The predicted octanol–water partition coefficient (Wildman–Crippen LogP) is 3.58. The molecule has 0 spiro atoms. The number of nitrogens with one attached hydrogen (secondary N) is 2. The Labute approximate surface area is 163 Å². The zero-order valence-corrected chi connectivity index (χ0v) is 16.2. The van der Waals surface area contributed by atoms with Crippen LogP contribution in [0.5, 0.6) is 0 Å². The number of hydrogen-bond acceptors (Lipinski definition) is 5. The third kappa shape index (κ3) is 4.43. The quantitative estimate of drug-likeness (QED) is 0.662. The van der Waals surface area contributed by atoms with Gasteiger partial charge < -0.3 is 15.0 Å². The van der Waals surface area contributed by atoms with E-state index >= 15 is 0 Å². The third-order valence-corrected chi connectivity index (χ3v) is 4.34. The lowest BCUT2D eigenvalue weighted by Gasteiger charge is -2.13. The van der Waals surface area contributed by atoms with Gasteiger partial charge in [0.15, 0.2) is 6.10 Å². The maximum Gasteiger partial charge on any atom is 0.338 e. The number of nitrogens with zero attached hydrogens (tertiary/aromatic N) is 2. The molecule has 144 valence electrons. The smallest absolute Gasteiger partial charge is 0.338 e. The largest absolute Gasteiger partial charge is 0.449 e. The minimum absolute atomic E-state index is 0.358. The van der Waals surface area contributed by atoms with Crippen LogP contribution in [0.15, 0.2) is 42.6 Å². The number of aromatic amines is 1. The van der Waals surface area contributed by atoms with E-state index in [4.69, 9.17) is 4.74 Å². The fraction of sp³-hybridized carbons (Fsp3) is 0.238. The van der Waals surface area contributed by atoms with Crippen molar-refractivity contribution in [1.82, 2.24) is 15.0 Å². The fourth-order valence-electron chi connectivity index (χ4n) is 2.56. The summed E-state index contributed by atoms with van der Waals surface area (Å²) in [7, 11) is 0. The molecule has 1 atom stereocenters. The number of pyridine rings is 1. The molecule has 0 aliphatic carbocycles. The molecule has 2 heterocycles. The molecule has 2 N–H and O–H groups in total. The van der Waals surface area contributed by atoms with Gasteiger partial charge in [0.2, 0.25) is 0 Å². The molecule has 7 heteroatoms. The van der Waals surface area contributed by atoms with E-state index in [2.05, 4.69) is 20.3 Å². The molecule has 0 saturated heterocycles. The molecular weight excluding hydrogens is 356 g/mol. The molecule has 0 saturated carbocycles. The number of aryl methyl sites for hydroxylation is 3. The molecule has 1 amide bonds. The number of esters is 1. The second-order valence-electron chi connectivity index (χ2n) is 6.63. The molecule has 0 radical (unpaired) electrons. The zero-order chi connectivity index (χ0) is 20.3. The molecule has 1 unspecified atom stereocenters. The van der Waals surface area contributed by atoms with Crippen molar-refractivity contribution in [3.8, 4) is 11.4 Å². The second-order valence-corrected chi connectivity index (χ2v) is 6.63. The number of carbonyl (C=O) groups excluding carboxylic acids is 2. The summed E-state index contributed by atoms with van der Waals surface area (Å²) in [5, 5.41) is 2.64. The van der Waals surface area contributed by atoms with Gasteiger partial charge in [-0.15, -0.1) is 0 Å². The number of rotatable bonds is 5. The van der Waals surface area contributed by atoms with Crippen molar-refractivity contribution in [2.24, 2.45) is 0 Å². The maximum absolute atomic E-state index is 12.3. The molecule has 28 heavy (non-hydrogen) atoms. The lowest BCUT2D eigenvalue weighted by molar-refractivity contribution is -0.123. The van der Waals surface area contributed by atoms with Crippen molar-refractivity contribution in [2.75, 3.05) is 5.32 Å². The fourth-order valence-corrected chi connectivity index (χ4v) is 2.56. The maximum atomic E-state index is 12.3. The molecule has 0 aliphatic heterocycles. The summed E-state index contributed by atoms with van der Waals surface area (Å²) < 4.78 is 5.27. The van der Waals surface area contributed by atoms with Crippen LogP contribution in [0.4, 0.5) is 5.82 Å². The van der Waals surface area contributed by atoms with E-state index in [0.29, 0.717) is 11.4 Å². The molecule has 3 aromatic rings. The minimum Gasteiger partial charge on any atom is -0.449 e. The van der Waals surface area contributed by atoms with Crippen LogP contribution in [0.3, 0.4) is 0 Å². The van der Waals surface area contributed by atoms with E-state index in [1.807, 2.05) is 26.8 Å². The highest BCUT2D eigenvalue weighted by Gasteiger charge is 2.19. The van der Waals surface area contributed by atoms with Crippen molar-refractivity contribution < 1.29 is 14.3 Å². The highest BCUT2D eigenvalue weighted by Crippen LogP contribution is 2.19. The Hall–Kier alpha value is -3.48. The monoisotopic (exact) mass is 378 g/mol. The SMILES string of the molecule is Cc1ccnc(NC(=O)C(C)OC(=O)c2ccc(-c3nc(C)c(C)[nH]3)cc2)c1. The standard InChI is InChI=1S/C21H22N4O3/c1-12-9-10-22-18(11-12)25-20(26)15(4)28-21(27)17-7-5-16(6-8-17)19-23-13(2)14(3)24-19/h5-11,15H,1-4H3,(H,23,24)(H,22,25,26). The first-order chi connectivity index (χ1) is 13.3. The summed E-state index contributed by atoms with van der Waals surface area (Å²) in [4.78, 5) is 36.3. The summed E-state index contributed by atoms with van der Waals surface area (Å²) in [6.07, 6.45) is 0.649. The van der Waals surface area contributed by atoms with Crippen LogP contribution in [-0.4, -0.2) is 32.9 Å². The Kier molecular flexibility index (Phi) is 5.54. The molecular formula is C21H22N4O3. The van der Waals surface area contributed by atoms with Crippen molar-refractivity contribution in [3.63, 3.8) is 0 Å². The molecule has 2 aromatic heterocycles. The minimum atomic E-state index is -0.954. The average Bonchev–Trinajstić information content (AvgIpc) is 3.00. The summed E-state index contributed by atoms with van der Waals surface area (Å²) >= 11 is 0. The van der Waals surface area contributed by atoms with E-state index in [1.54, 1.807) is 36.5 Å². The first-order valence-electron chi connectivity index (χ1n) is 8.91. The number of anilines is 1. The van der Waals surface area contributed by atoms with Crippen molar-refractivity contribution in [2.45, 2.75) is 33.8 Å². The summed E-state index contributed by atoms with van der Waals surface area (Å²) in [5.41, 5.74) is 4.13. The zero-order valence-electron chi connectivity index (χ0n) is 16.2. The van der Waals surface area contributed by atoms with Gasteiger partial charge in [-0.25, -0.2) is 14.8 Å². The molecule has 0 fully saturated rings. The third-order valence-electron chi connectivity index (χ3n) is 4.34. The lowest BCUT2D eigenvalue weighted by atomic mass is 10.1. The Morgan fingerprint density at radius 1 is 1.11 bits per heavy atom. The van der Waals surface area contributed by atoms with Crippen LogP contribution in [-0.2, 0) is 9.53 Å². The van der Waals surface area contributed by atoms with Gasteiger partial charge in [0, 0.05) is 17.5 Å². The lowest BCUT2D eigenvalue weighted by Crippen LogP contribution is -2.30. The Balaban J connectivity index is 1.62. The van der Waals surface area contributed by atoms with E-state index in [1.165, 1.54) is 6.92 Å². The van der Waals surface area contributed by atoms with Gasteiger partial charge in [-0.1, -0.05) is 12.1 Å². The summed E-state index contributed by atoms with van der Waals surface area (Å²) in [6, 6.07) is 10.4. The van der Waals surface area contributed by atoms with E-state index in [9.17, 15) is 9.59 Å². The normalized spacial score (nSPS) is 11.7. The van der Waals surface area contributed by atoms with E-state index in [0.717, 1.165) is 28.3 Å². The molecule has 7 nitrogen and oxygen atoms in total. The predicted molar refractivity (Wildman–Crippen MR) is 106 cm³/mol. The number of ether oxygens (including phenoxy) is 1. The van der Waals surface area contributed by atoms with Crippen LogP contribution in [0.2, 0.25) is 0 Å². The van der Waals surface area contributed by atoms with Gasteiger partial charge in [0.05, 0.1) is 11.3 Å². The van der Waals surface area contributed by atoms with Crippen LogP contribution < -0.4 is 5.32 Å². The van der Waals surface area contributed by atoms with Crippen LogP contribution in [0, 0.1) is 20.8 Å². The van der Waals surface area contributed by atoms with Crippen molar-refractivity contribution >= 4 is 17.7 Å². The van der Waals surface area contributed by atoms with Crippen molar-refractivity contribution in [1.29, 1.82) is 0 Å². The molecule has 0 bridgehead atoms. The topological polar surface area (TPSA) is 97.0 Å². The summed E-state index contributed by atoms with van der Waals surface area (Å²) in [6.45, 7) is 7.30. The van der Waals surface area contributed by atoms with Gasteiger partial charge in [-0.2, -0.15) is 0 Å². The second kappa shape index (κ2) is 8.04. The number of hydrogen-bond donors (Lipinski definition) is 2. The van der Waals surface area contributed by atoms with Crippen molar-refractivity contribution in [3.05, 3.63) is 65.1 Å². The van der Waals surface area contributed by atoms with Crippen LogP contribution in [0.25, 0.3) is 11.4 Å². The number of benzene rings is 1. The number of imidazole rings is 1. The number of H-pyrrole nitrogens is 1. The van der Waals surface area contributed by atoms with Crippen LogP contribution >= 0.6 is 0 Å². The van der Waals surface area contributed by atoms with E-state index in [-0.39, 0.29) is 0 Å². The average molecular weight is 378 g/mol. The van der Waals surface area contributed by atoms with Gasteiger partial charge >= 0.3 is 5.97 Å². The first-order valence-corrected chi connectivity index (χ1v) is 8.91. The molecule has 1 aromatic carbocycles. The highest BCUT2D eigenvalue weighted by molar-refractivity contribution is 5.97. The Bertz CT molecular complexity index is 989. The Morgan fingerprint density at radius 3 is 2.43 bits per heavy atom. The summed E-state index contributed by atoms with van der Waals surface area (Å²) in [5.74, 6) is 0.150. The highest BCUT2D eigenvalue weighted by atomic mass is 16.5. The first kappa shape index (κ1) is 19.3. The molecule has 0 aliphatic rings. The van der Waals surface area contributed by atoms with Gasteiger partial charge in [-0.05, 0) is 57.5 Å². The van der Waals surface area contributed by atoms with E-state index < -0.39 is 18.0 Å². The number of amides is 1.